The summed E-state index contributed by atoms with van der Waals surface area (Å²) in [6.45, 7) is 0. The van der Waals surface area contributed by atoms with Crippen LogP contribution in [0.4, 0.5) is 0 Å². The van der Waals surface area contributed by atoms with Crippen molar-refractivity contribution in [3.05, 3.63) is 18.0 Å². The van der Waals surface area contributed by atoms with Crippen LogP contribution in [0, 0.1) is 23.2 Å². The fourth-order valence-electron chi connectivity index (χ4n) is 5.97. The largest absolute Gasteiger partial charge is 0.311 e. The molecule has 1 aromatic rings. The van der Waals surface area contributed by atoms with Crippen LogP contribution in [0.15, 0.2) is 12.3 Å². The van der Waals surface area contributed by atoms with E-state index in [1.165, 1.54) is 44.2 Å². The molecule has 1 aromatic heterocycles. The molecule has 3 heteroatoms. The van der Waals surface area contributed by atoms with Gasteiger partial charge in [-0.2, -0.15) is 5.10 Å². The molecule has 4 bridgehead atoms. The zero-order valence-corrected chi connectivity index (χ0v) is 12.1. The quantitative estimate of drug-likeness (QED) is 0.904. The predicted octanol–water partition coefficient (Wildman–Crippen LogP) is 2.90. The van der Waals surface area contributed by atoms with E-state index in [2.05, 4.69) is 35.3 Å². The number of nitrogens with one attached hydrogen (secondary N) is 1. The van der Waals surface area contributed by atoms with Gasteiger partial charge in [-0.05, 0) is 74.8 Å². The van der Waals surface area contributed by atoms with Gasteiger partial charge in [0.05, 0.1) is 11.7 Å². The summed E-state index contributed by atoms with van der Waals surface area (Å²) >= 11 is 0. The number of hydrogen-bond donors (Lipinski definition) is 1. The van der Waals surface area contributed by atoms with Gasteiger partial charge in [0, 0.05) is 13.2 Å². The molecule has 1 heterocycles. The van der Waals surface area contributed by atoms with Gasteiger partial charge in [-0.15, -0.1) is 0 Å². The molecule has 3 nitrogen and oxygen atoms in total. The van der Waals surface area contributed by atoms with Crippen LogP contribution in [0.3, 0.4) is 0 Å². The SMILES string of the molecule is CNC(c1ccnn1C)C12CC3CC(CC(C3)C1)C2. The Morgan fingerprint density at radius 1 is 1.21 bits per heavy atom. The molecule has 0 spiro atoms. The zero-order chi connectivity index (χ0) is 13.0. The predicted molar refractivity (Wildman–Crippen MR) is 75.6 cm³/mol. The Morgan fingerprint density at radius 2 is 1.79 bits per heavy atom. The van der Waals surface area contributed by atoms with E-state index in [0.717, 1.165) is 17.8 Å². The summed E-state index contributed by atoms with van der Waals surface area (Å²) in [7, 11) is 4.22. The Morgan fingerprint density at radius 3 is 2.21 bits per heavy atom. The molecule has 4 fully saturated rings. The smallest absolute Gasteiger partial charge is 0.0555 e. The molecule has 4 saturated carbocycles. The first kappa shape index (κ1) is 12.0. The van der Waals surface area contributed by atoms with E-state index in [-0.39, 0.29) is 0 Å². The van der Waals surface area contributed by atoms with Crippen molar-refractivity contribution >= 4 is 0 Å². The Bertz CT molecular complexity index is 441. The number of hydrogen-bond acceptors (Lipinski definition) is 2. The van der Waals surface area contributed by atoms with Gasteiger partial charge in [0.2, 0.25) is 0 Å². The number of aromatic nitrogens is 2. The van der Waals surface area contributed by atoms with Crippen LogP contribution >= 0.6 is 0 Å². The second-order valence-corrected chi connectivity index (χ2v) is 7.38. The summed E-state index contributed by atoms with van der Waals surface area (Å²) in [6.07, 6.45) is 10.8. The highest BCUT2D eigenvalue weighted by atomic mass is 15.3. The van der Waals surface area contributed by atoms with Crippen molar-refractivity contribution in [2.75, 3.05) is 7.05 Å². The van der Waals surface area contributed by atoms with Crippen LogP contribution in [0.25, 0.3) is 0 Å². The van der Waals surface area contributed by atoms with E-state index in [9.17, 15) is 0 Å². The Labute approximate surface area is 115 Å². The summed E-state index contributed by atoms with van der Waals surface area (Å²) in [4.78, 5) is 0. The topological polar surface area (TPSA) is 29.9 Å². The maximum absolute atomic E-state index is 4.39. The first-order valence-electron chi connectivity index (χ1n) is 7.85. The molecule has 1 atom stereocenters. The lowest BCUT2D eigenvalue weighted by molar-refractivity contribution is -0.0749. The highest BCUT2D eigenvalue weighted by Crippen LogP contribution is 2.63. The molecule has 0 aromatic carbocycles. The average molecular weight is 259 g/mol. The van der Waals surface area contributed by atoms with Gasteiger partial charge in [0.1, 0.15) is 0 Å². The fraction of sp³-hybridized carbons (Fsp3) is 0.812. The van der Waals surface area contributed by atoms with E-state index >= 15 is 0 Å². The van der Waals surface area contributed by atoms with Gasteiger partial charge in [-0.3, -0.25) is 4.68 Å². The standard InChI is InChI=1S/C16H25N3/c1-17-15(14-3-4-18-19(14)2)16-8-11-5-12(9-16)7-13(6-11)10-16/h3-4,11-13,15,17H,5-10H2,1-2H3. The molecule has 1 unspecified atom stereocenters. The van der Waals surface area contributed by atoms with Crippen LogP contribution in [-0.4, -0.2) is 16.8 Å². The van der Waals surface area contributed by atoms with Crippen LogP contribution < -0.4 is 5.32 Å². The third-order valence-corrected chi connectivity index (χ3v) is 6.14. The minimum Gasteiger partial charge on any atom is -0.311 e. The Hall–Kier alpha value is -0.830. The van der Waals surface area contributed by atoms with Gasteiger partial charge in [0.15, 0.2) is 0 Å². The Kier molecular flexibility index (Phi) is 2.57. The number of rotatable bonds is 3. The third kappa shape index (κ3) is 1.70. The first-order valence-corrected chi connectivity index (χ1v) is 7.85. The molecule has 0 amide bonds. The number of aryl methyl sites for hydroxylation is 1. The van der Waals surface area contributed by atoms with Crippen molar-refractivity contribution < 1.29 is 0 Å². The van der Waals surface area contributed by atoms with Crippen LogP contribution in [0.2, 0.25) is 0 Å². The van der Waals surface area contributed by atoms with Crippen LogP contribution in [-0.2, 0) is 7.05 Å². The van der Waals surface area contributed by atoms with Gasteiger partial charge < -0.3 is 5.32 Å². The summed E-state index contributed by atoms with van der Waals surface area (Å²) in [5.74, 6) is 3.03. The zero-order valence-electron chi connectivity index (χ0n) is 12.1. The number of nitrogens with zero attached hydrogens (tertiary/aromatic N) is 2. The first-order chi connectivity index (χ1) is 9.20. The second-order valence-electron chi connectivity index (χ2n) is 7.38. The fourth-order valence-corrected chi connectivity index (χ4v) is 5.97. The minimum atomic E-state index is 0.494. The van der Waals surface area contributed by atoms with E-state index in [4.69, 9.17) is 0 Å². The lowest BCUT2D eigenvalue weighted by atomic mass is 9.47. The molecule has 0 radical (unpaired) electrons. The summed E-state index contributed by atoms with van der Waals surface area (Å²) in [5, 5.41) is 8.03. The van der Waals surface area contributed by atoms with Crippen molar-refractivity contribution in [3.8, 4) is 0 Å². The lowest BCUT2D eigenvalue weighted by Crippen LogP contribution is -2.51. The second kappa shape index (κ2) is 4.08. The van der Waals surface area contributed by atoms with Gasteiger partial charge in [0.25, 0.3) is 0 Å². The highest BCUT2D eigenvalue weighted by molar-refractivity contribution is 5.16. The van der Waals surface area contributed by atoms with Crippen molar-refractivity contribution in [1.82, 2.24) is 15.1 Å². The monoisotopic (exact) mass is 259 g/mol. The summed E-state index contributed by atoms with van der Waals surface area (Å²) in [5.41, 5.74) is 1.89. The van der Waals surface area contributed by atoms with E-state index in [1.54, 1.807) is 0 Å². The maximum Gasteiger partial charge on any atom is 0.0555 e. The lowest BCUT2D eigenvalue weighted by Gasteiger charge is -2.59. The van der Waals surface area contributed by atoms with E-state index in [1.807, 2.05) is 6.20 Å². The van der Waals surface area contributed by atoms with Crippen LogP contribution in [0.1, 0.15) is 50.3 Å². The van der Waals surface area contributed by atoms with Gasteiger partial charge in [-0.25, -0.2) is 0 Å². The molecular weight excluding hydrogens is 234 g/mol. The van der Waals surface area contributed by atoms with Crippen molar-refractivity contribution in [3.63, 3.8) is 0 Å². The normalized spacial score (nSPS) is 41.7. The van der Waals surface area contributed by atoms with Gasteiger partial charge in [-0.1, -0.05) is 0 Å². The highest BCUT2D eigenvalue weighted by Gasteiger charge is 2.54. The van der Waals surface area contributed by atoms with Crippen molar-refractivity contribution in [2.45, 2.75) is 44.6 Å². The molecule has 4 aliphatic carbocycles. The third-order valence-electron chi connectivity index (χ3n) is 6.14. The average Bonchev–Trinajstić information content (AvgIpc) is 2.74. The summed E-state index contributed by atoms with van der Waals surface area (Å²) in [6, 6.07) is 2.70. The van der Waals surface area contributed by atoms with Crippen molar-refractivity contribution in [1.29, 1.82) is 0 Å². The Balaban J connectivity index is 1.72. The molecule has 4 aliphatic rings. The summed E-state index contributed by atoms with van der Waals surface area (Å²) < 4.78 is 2.07. The molecular formula is C16H25N3. The molecule has 0 saturated heterocycles. The molecule has 104 valence electrons. The molecule has 0 aliphatic heterocycles. The van der Waals surface area contributed by atoms with Gasteiger partial charge >= 0.3 is 0 Å². The maximum atomic E-state index is 4.39. The minimum absolute atomic E-state index is 0.494. The molecule has 5 rings (SSSR count). The van der Waals surface area contributed by atoms with Crippen molar-refractivity contribution in [2.24, 2.45) is 30.2 Å². The van der Waals surface area contributed by atoms with E-state index in [0.29, 0.717) is 11.5 Å². The molecule has 1 N–H and O–H groups in total. The van der Waals surface area contributed by atoms with Crippen LogP contribution in [0.5, 0.6) is 0 Å². The molecule has 19 heavy (non-hydrogen) atoms. The van der Waals surface area contributed by atoms with E-state index < -0.39 is 0 Å².